The van der Waals surface area contributed by atoms with E-state index in [2.05, 4.69) is 17.2 Å². The number of hydrogen-bond donors (Lipinski definition) is 2. The molecule has 36 heavy (non-hydrogen) atoms. The van der Waals surface area contributed by atoms with Crippen molar-refractivity contribution in [3.8, 4) is 16.9 Å². The van der Waals surface area contributed by atoms with Crippen LogP contribution in [0.2, 0.25) is 0 Å². The highest BCUT2D eigenvalue weighted by atomic mass is 32.2. The fraction of sp³-hybridized carbons (Fsp3) is 0.214. The van der Waals surface area contributed by atoms with E-state index in [0.29, 0.717) is 34.8 Å². The van der Waals surface area contributed by atoms with E-state index in [4.69, 9.17) is 10.5 Å². The lowest BCUT2D eigenvalue weighted by atomic mass is 10.0. The molecule has 0 aliphatic heterocycles. The number of amides is 1. The van der Waals surface area contributed by atoms with Crippen LogP contribution in [0, 0.1) is 0 Å². The standard InChI is InChI=1S/C28H29N3O4S/c1-3-4-12-25(35-20-15-14-19-16-17-30-27(29)23(19)18-20)28(32)31-24-11-7-5-9-21(24)22-10-6-8-13-26(22)36(2,33)34/h5-11,13-18,25H,3-4,12H2,1-2H3,(H2,29,30)(H,31,32). The average molecular weight is 504 g/mol. The van der Waals surface area contributed by atoms with E-state index in [0.717, 1.165) is 23.6 Å². The number of para-hydroxylation sites is 1. The minimum absolute atomic E-state index is 0.202. The second kappa shape index (κ2) is 10.8. The number of nitrogens with one attached hydrogen (secondary N) is 1. The molecule has 1 unspecified atom stereocenters. The fourth-order valence-corrected chi connectivity index (χ4v) is 5.00. The van der Waals surface area contributed by atoms with E-state index in [1.807, 2.05) is 24.3 Å². The van der Waals surface area contributed by atoms with Gasteiger partial charge in [0, 0.05) is 34.7 Å². The predicted octanol–water partition coefficient (Wildman–Crippen LogP) is 5.46. The van der Waals surface area contributed by atoms with Crippen LogP contribution in [-0.4, -0.2) is 31.7 Å². The third-order valence-electron chi connectivity index (χ3n) is 5.92. The average Bonchev–Trinajstić information content (AvgIpc) is 2.87. The van der Waals surface area contributed by atoms with Gasteiger partial charge in [-0.1, -0.05) is 55.8 Å². The van der Waals surface area contributed by atoms with Crippen LogP contribution in [0.5, 0.6) is 5.75 Å². The zero-order chi connectivity index (χ0) is 25.7. The van der Waals surface area contributed by atoms with Gasteiger partial charge in [-0.15, -0.1) is 0 Å². The summed E-state index contributed by atoms with van der Waals surface area (Å²) in [5.41, 5.74) is 7.68. The molecule has 0 radical (unpaired) electrons. The molecule has 7 nitrogen and oxygen atoms in total. The van der Waals surface area contributed by atoms with Crippen molar-refractivity contribution in [2.75, 3.05) is 17.3 Å². The Labute approximate surface area is 211 Å². The van der Waals surface area contributed by atoms with Crippen molar-refractivity contribution < 1.29 is 17.9 Å². The lowest BCUT2D eigenvalue weighted by Gasteiger charge is -2.20. The molecule has 1 atom stereocenters. The smallest absolute Gasteiger partial charge is 0.265 e. The van der Waals surface area contributed by atoms with Crippen LogP contribution < -0.4 is 15.8 Å². The van der Waals surface area contributed by atoms with E-state index >= 15 is 0 Å². The number of rotatable bonds is 9. The van der Waals surface area contributed by atoms with Gasteiger partial charge in [0.1, 0.15) is 11.6 Å². The summed E-state index contributed by atoms with van der Waals surface area (Å²) in [6.45, 7) is 2.05. The van der Waals surface area contributed by atoms with Crippen LogP contribution in [-0.2, 0) is 14.6 Å². The second-order valence-corrected chi connectivity index (χ2v) is 10.6. The molecule has 0 aliphatic carbocycles. The molecule has 0 saturated carbocycles. The first-order valence-electron chi connectivity index (χ1n) is 11.8. The summed E-state index contributed by atoms with van der Waals surface area (Å²) in [7, 11) is -3.47. The quantitative estimate of drug-likeness (QED) is 0.314. The normalized spacial score (nSPS) is 12.3. The van der Waals surface area contributed by atoms with Gasteiger partial charge < -0.3 is 15.8 Å². The number of pyridine rings is 1. The lowest BCUT2D eigenvalue weighted by molar-refractivity contribution is -0.123. The molecule has 0 aliphatic rings. The van der Waals surface area contributed by atoms with Crippen molar-refractivity contribution in [1.29, 1.82) is 0 Å². The van der Waals surface area contributed by atoms with Gasteiger partial charge in [0.05, 0.1) is 4.90 Å². The fourth-order valence-electron chi connectivity index (χ4n) is 4.09. The van der Waals surface area contributed by atoms with E-state index < -0.39 is 15.9 Å². The van der Waals surface area contributed by atoms with Crippen molar-refractivity contribution in [3.63, 3.8) is 0 Å². The molecule has 1 aromatic heterocycles. The summed E-state index contributed by atoms with van der Waals surface area (Å²) in [5.74, 6) is 0.604. The van der Waals surface area contributed by atoms with Crippen molar-refractivity contribution in [2.45, 2.75) is 37.2 Å². The summed E-state index contributed by atoms with van der Waals surface area (Å²) in [6.07, 6.45) is 4.29. The van der Waals surface area contributed by atoms with Crippen LogP contribution in [0.25, 0.3) is 21.9 Å². The maximum absolute atomic E-state index is 13.4. The molecule has 4 rings (SSSR count). The molecular formula is C28H29N3O4S. The number of nitrogens with two attached hydrogens (primary N) is 1. The molecule has 8 heteroatoms. The van der Waals surface area contributed by atoms with E-state index in [1.165, 1.54) is 6.26 Å². The summed E-state index contributed by atoms with van der Waals surface area (Å²) >= 11 is 0. The molecule has 3 N–H and O–H groups in total. The predicted molar refractivity (Wildman–Crippen MR) is 144 cm³/mol. The summed E-state index contributed by atoms with van der Waals surface area (Å²) < 4.78 is 30.9. The van der Waals surface area contributed by atoms with Gasteiger partial charge in [0.15, 0.2) is 15.9 Å². The summed E-state index contributed by atoms with van der Waals surface area (Å²) in [6, 6.07) is 21.3. The largest absolute Gasteiger partial charge is 0.481 e. The number of unbranched alkanes of at least 4 members (excludes halogenated alkanes) is 1. The van der Waals surface area contributed by atoms with Crippen LogP contribution in [0.4, 0.5) is 11.5 Å². The van der Waals surface area contributed by atoms with Crippen LogP contribution in [0.1, 0.15) is 26.2 Å². The van der Waals surface area contributed by atoms with Crippen molar-refractivity contribution in [1.82, 2.24) is 4.98 Å². The molecule has 1 amide bonds. The van der Waals surface area contributed by atoms with Crippen molar-refractivity contribution >= 4 is 38.0 Å². The topological polar surface area (TPSA) is 111 Å². The Balaban J connectivity index is 1.64. The molecule has 4 aromatic rings. The molecule has 186 valence electrons. The molecule has 1 heterocycles. The minimum atomic E-state index is -3.47. The summed E-state index contributed by atoms with van der Waals surface area (Å²) in [4.78, 5) is 17.8. The van der Waals surface area contributed by atoms with Gasteiger partial charge >= 0.3 is 0 Å². The number of aromatic nitrogens is 1. The zero-order valence-electron chi connectivity index (χ0n) is 20.3. The lowest BCUT2D eigenvalue weighted by Crippen LogP contribution is -2.33. The number of hydrogen-bond acceptors (Lipinski definition) is 6. The third kappa shape index (κ3) is 5.66. The highest BCUT2D eigenvalue weighted by Gasteiger charge is 2.23. The second-order valence-electron chi connectivity index (χ2n) is 8.63. The molecule has 0 bridgehead atoms. The zero-order valence-corrected chi connectivity index (χ0v) is 21.1. The van der Waals surface area contributed by atoms with Crippen LogP contribution in [0.15, 0.2) is 83.9 Å². The first-order valence-corrected chi connectivity index (χ1v) is 13.7. The number of carbonyl (C=O) groups excluding carboxylic acids is 1. The van der Waals surface area contributed by atoms with Gasteiger partial charge in [-0.2, -0.15) is 0 Å². The maximum Gasteiger partial charge on any atom is 0.265 e. The minimum Gasteiger partial charge on any atom is -0.481 e. The monoisotopic (exact) mass is 503 g/mol. The highest BCUT2D eigenvalue weighted by Crippen LogP contribution is 2.33. The molecule has 0 spiro atoms. The van der Waals surface area contributed by atoms with E-state index in [1.54, 1.807) is 54.7 Å². The molecule has 0 fully saturated rings. The Kier molecular flexibility index (Phi) is 7.55. The van der Waals surface area contributed by atoms with E-state index in [9.17, 15) is 13.2 Å². The Hall–Kier alpha value is -3.91. The molecular weight excluding hydrogens is 474 g/mol. The Morgan fingerprint density at radius 1 is 1.03 bits per heavy atom. The number of benzene rings is 3. The number of ether oxygens (including phenoxy) is 1. The number of nitrogens with zero attached hydrogens (tertiary/aromatic N) is 1. The van der Waals surface area contributed by atoms with E-state index in [-0.39, 0.29) is 10.8 Å². The van der Waals surface area contributed by atoms with Gasteiger partial charge in [-0.05, 0) is 48.6 Å². The number of sulfone groups is 1. The van der Waals surface area contributed by atoms with Gasteiger partial charge in [0.25, 0.3) is 5.91 Å². The Morgan fingerprint density at radius 2 is 1.75 bits per heavy atom. The van der Waals surface area contributed by atoms with Gasteiger partial charge in [-0.25, -0.2) is 13.4 Å². The van der Waals surface area contributed by atoms with Gasteiger partial charge in [-0.3, -0.25) is 4.79 Å². The maximum atomic E-state index is 13.4. The van der Waals surface area contributed by atoms with Crippen molar-refractivity contribution in [2.24, 2.45) is 0 Å². The number of fused-ring (bicyclic) bond motifs is 1. The number of anilines is 2. The third-order valence-corrected chi connectivity index (χ3v) is 7.08. The van der Waals surface area contributed by atoms with Crippen molar-refractivity contribution in [3.05, 3.63) is 79.0 Å². The SMILES string of the molecule is CCCCC(Oc1ccc2ccnc(N)c2c1)C(=O)Nc1ccccc1-c1ccccc1S(C)(=O)=O. The van der Waals surface area contributed by atoms with Gasteiger partial charge in [0.2, 0.25) is 0 Å². The Morgan fingerprint density at radius 3 is 2.50 bits per heavy atom. The summed E-state index contributed by atoms with van der Waals surface area (Å²) in [5, 5.41) is 4.66. The first kappa shape index (κ1) is 25.2. The van der Waals surface area contributed by atoms with Crippen LogP contribution >= 0.6 is 0 Å². The highest BCUT2D eigenvalue weighted by molar-refractivity contribution is 7.90. The number of nitrogen functional groups attached to an aromatic ring is 1. The number of carbonyl (C=O) groups is 1. The van der Waals surface area contributed by atoms with Crippen LogP contribution in [0.3, 0.4) is 0 Å². The molecule has 0 saturated heterocycles. The Bertz CT molecular complexity index is 1500. The first-order chi connectivity index (χ1) is 17.3. The molecule has 3 aromatic carbocycles.